The van der Waals surface area contributed by atoms with E-state index in [2.05, 4.69) is 15.1 Å². The lowest BCUT2D eigenvalue weighted by Gasteiger charge is -2.20. The third-order valence-corrected chi connectivity index (χ3v) is 4.29. The molecule has 3 heterocycles. The summed E-state index contributed by atoms with van der Waals surface area (Å²) in [5.41, 5.74) is -0.170. The molecule has 2 aromatic heterocycles. The number of halogens is 1. The number of imidazole rings is 1. The van der Waals surface area contributed by atoms with E-state index in [4.69, 9.17) is 4.52 Å². The second kappa shape index (κ2) is 4.76. The van der Waals surface area contributed by atoms with E-state index >= 15 is 0 Å². The number of rotatable bonds is 2. The monoisotopic (exact) mass is 317 g/mol. The quantitative estimate of drug-likeness (QED) is 0.771. The number of aryl methyl sites for hydroxylation is 2. The van der Waals surface area contributed by atoms with Gasteiger partial charge in [0.05, 0.1) is 12.1 Å². The average molecular weight is 317 g/mol. The van der Waals surface area contributed by atoms with Crippen molar-refractivity contribution >= 4 is 17.0 Å². The van der Waals surface area contributed by atoms with Crippen LogP contribution in [0.3, 0.4) is 0 Å². The van der Waals surface area contributed by atoms with Gasteiger partial charge in [0, 0.05) is 20.0 Å². The third-order valence-electron chi connectivity index (χ3n) is 4.29. The van der Waals surface area contributed by atoms with E-state index in [1.54, 1.807) is 13.0 Å². The first-order valence-electron chi connectivity index (χ1n) is 7.37. The minimum atomic E-state index is -1.21. The molecule has 1 aromatic carbocycles. The second-order valence-electron chi connectivity index (χ2n) is 5.93. The van der Waals surface area contributed by atoms with E-state index in [9.17, 15) is 9.50 Å². The van der Waals surface area contributed by atoms with E-state index in [-0.39, 0.29) is 18.3 Å². The molecule has 0 aliphatic carbocycles. The summed E-state index contributed by atoms with van der Waals surface area (Å²) in [5.74, 6) is 0.947. The van der Waals surface area contributed by atoms with Crippen molar-refractivity contribution in [3.8, 4) is 0 Å². The number of β-amino-alcohol motifs (C(OH)–C–C–N with tert-alkyl or cyclic N) is 1. The van der Waals surface area contributed by atoms with Crippen molar-refractivity contribution in [1.82, 2.24) is 19.7 Å². The largest absolute Gasteiger partial charge is 0.378 e. The zero-order chi connectivity index (χ0) is 16.2. The Balaban J connectivity index is 1.70. The van der Waals surface area contributed by atoms with Gasteiger partial charge in [0.1, 0.15) is 5.52 Å². The minimum absolute atomic E-state index is 0.211. The van der Waals surface area contributed by atoms with Gasteiger partial charge in [-0.05, 0) is 19.1 Å². The van der Waals surface area contributed by atoms with Crippen LogP contribution >= 0.6 is 0 Å². The fourth-order valence-electron chi connectivity index (χ4n) is 3.08. The van der Waals surface area contributed by atoms with Gasteiger partial charge in [0.25, 0.3) is 5.89 Å². The van der Waals surface area contributed by atoms with E-state index in [1.165, 1.54) is 6.07 Å². The summed E-state index contributed by atoms with van der Waals surface area (Å²) in [6, 6.07) is 4.86. The number of aliphatic hydroxyl groups is 1. The maximum Gasteiger partial charge on any atom is 0.260 e. The zero-order valence-corrected chi connectivity index (χ0v) is 12.8. The van der Waals surface area contributed by atoms with Crippen LogP contribution in [-0.4, -0.2) is 37.9 Å². The zero-order valence-electron chi connectivity index (χ0n) is 12.8. The first kappa shape index (κ1) is 14.1. The van der Waals surface area contributed by atoms with Crippen molar-refractivity contribution in [2.75, 3.05) is 18.0 Å². The van der Waals surface area contributed by atoms with Crippen LogP contribution in [0.4, 0.5) is 10.3 Å². The predicted octanol–water partition coefficient (Wildman–Crippen LogP) is 1.50. The molecule has 4 rings (SSSR count). The van der Waals surface area contributed by atoms with Crippen LogP contribution in [0.5, 0.6) is 0 Å². The van der Waals surface area contributed by atoms with Gasteiger partial charge in [0.15, 0.2) is 17.2 Å². The van der Waals surface area contributed by atoms with Crippen molar-refractivity contribution in [1.29, 1.82) is 0 Å². The van der Waals surface area contributed by atoms with E-state index in [1.807, 2.05) is 22.6 Å². The third kappa shape index (κ3) is 2.09. The molecule has 1 fully saturated rings. The highest BCUT2D eigenvalue weighted by Crippen LogP contribution is 2.34. The molecule has 1 atom stereocenters. The van der Waals surface area contributed by atoms with Crippen LogP contribution < -0.4 is 4.90 Å². The van der Waals surface area contributed by atoms with Crippen LogP contribution in [-0.2, 0) is 12.6 Å². The highest BCUT2D eigenvalue weighted by Gasteiger charge is 2.43. The molecule has 0 spiro atoms. The van der Waals surface area contributed by atoms with Gasteiger partial charge < -0.3 is 19.1 Å². The molecule has 1 unspecified atom stereocenters. The smallest absolute Gasteiger partial charge is 0.260 e. The molecule has 3 aromatic rings. The van der Waals surface area contributed by atoms with Crippen LogP contribution in [0.25, 0.3) is 11.0 Å². The number of hydrogen-bond donors (Lipinski definition) is 1. The molecule has 0 amide bonds. The highest BCUT2D eigenvalue weighted by molar-refractivity contribution is 5.79. The Morgan fingerprint density at radius 2 is 2.17 bits per heavy atom. The number of nitrogens with zero attached hydrogens (tertiary/aromatic N) is 5. The molecule has 23 heavy (non-hydrogen) atoms. The molecule has 120 valence electrons. The Morgan fingerprint density at radius 3 is 2.87 bits per heavy atom. The maximum atomic E-state index is 13.9. The molecule has 1 N–H and O–H groups in total. The number of aromatic nitrogens is 4. The second-order valence-corrected chi connectivity index (χ2v) is 5.93. The standard InChI is InChI=1S/C15H16FN5O2/c1-9-17-13(23-19-9)15(22)6-7-21(8-15)14-18-12-10(16)4-3-5-11(12)20(14)2/h3-5,22H,6-8H2,1-2H3. The normalized spacial score (nSPS) is 21.5. The Hall–Kier alpha value is -2.48. The lowest BCUT2D eigenvalue weighted by molar-refractivity contribution is 0.0259. The van der Waals surface area contributed by atoms with Crippen molar-refractivity contribution in [3.05, 3.63) is 35.7 Å². The van der Waals surface area contributed by atoms with Crippen LogP contribution in [0.2, 0.25) is 0 Å². The highest BCUT2D eigenvalue weighted by atomic mass is 19.1. The van der Waals surface area contributed by atoms with Gasteiger partial charge in [-0.2, -0.15) is 4.98 Å². The molecule has 0 radical (unpaired) electrons. The summed E-state index contributed by atoms with van der Waals surface area (Å²) >= 11 is 0. The summed E-state index contributed by atoms with van der Waals surface area (Å²) < 4.78 is 20.9. The Labute approximate surface area is 131 Å². The van der Waals surface area contributed by atoms with Gasteiger partial charge in [-0.15, -0.1) is 0 Å². The van der Waals surface area contributed by atoms with E-state index in [0.717, 1.165) is 0 Å². The SMILES string of the molecule is Cc1noc(C2(O)CCN(c3nc4c(F)cccc4n3C)C2)n1. The molecular formula is C15H16FN5O2. The number of fused-ring (bicyclic) bond motifs is 1. The van der Waals surface area contributed by atoms with Gasteiger partial charge in [-0.3, -0.25) is 0 Å². The van der Waals surface area contributed by atoms with Crippen molar-refractivity contribution < 1.29 is 14.0 Å². The number of benzene rings is 1. The van der Waals surface area contributed by atoms with Crippen molar-refractivity contribution in [3.63, 3.8) is 0 Å². The topological polar surface area (TPSA) is 80.2 Å². The molecule has 1 saturated heterocycles. The van der Waals surface area contributed by atoms with Crippen molar-refractivity contribution in [2.24, 2.45) is 7.05 Å². The molecule has 8 heteroatoms. The summed E-state index contributed by atoms with van der Waals surface area (Å²) in [4.78, 5) is 10.4. The molecule has 0 bridgehead atoms. The number of anilines is 1. The molecule has 0 saturated carbocycles. The Morgan fingerprint density at radius 1 is 1.35 bits per heavy atom. The molecule has 1 aliphatic heterocycles. The minimum Gasteiger partial charge on any atom is -0.378 e. The first-order chi connectivity index (χ1) is 11.0. The molecule has 7 nitrogen and oxygen atoms in total. The lowest BCUT2D eigenvalue weighted by atomic mass is 10.0. The Kier molecular flexibility index (Phi) is 2.92. The van der Waals surface area contributed by atoms with Crippen molar-refractivity contribution in [2.45, 2.75) is 18.9 Å². The molecule has 1 aliphatic rings. The fraction of sp³-hybridized carbons (Fsp3) is 0.400. The number of hydrogen-bond acceptors (Lipinski definition) is 6. The maximum absolute atomic E-state index is 13.9. The average Bonchev–Trinajstić information content (AvgIpc) is 3.20. The summed E-state index contributed by atoms with van der Waals surface area (Å²) in [5, 5.41) is 14.5. The predicted molar refractivity (Wildman–Crippen MR) is 80.4 cm³/mol. The van der Waals surface area contributed by atoms with Gasteiger partial charge >= 0.3 is 0 Å². The Bertz CT molecular complexity index is 889. The fourth-order valence-corrected chi connectivity index (χ4v) is 3.08. The van der Waals surface area contributed by atoms with E-state index < -0.39 is 5.60 Å². The first-order valence-corrected chi connectivity index (χ1v) is 7.37. The molecular weight excluding hydrogens is 301 g/mol. The summed E-state index contributed by atoms with van der Waals surface area (Å²) in [7, 11) is 1.83. The summed E-state index contributed by atoms with van der Waals surface area (Å²) in [6.45, 7) is 2.54. The van der Waals surface area contributed by atoms with Crippen LogP contribution in [0, 0.1) is 12.7 Å². The van der Waals surface area contributed by atoms with Gasteiger partial charge in [-0.25, -0.2) is 9.37 Å². The van der Waals surface area contributed by atoms with E-state index in [0.29, 0.717) is 35.8 Å². The number of para-hydroxylation sites is 1. The van der Waals surface area contributed by atoms with Crippen LogP contribution in [0.1, 0.15) is 18.1 Å². The lowest BCUT2D eigenvalue weighted by Crippen LogP contribution is -2.32. The van der Waals surface area contributed by atoms with Crippen LogP contribution in [0.15, 0.2) is 22.7 Å². The van der Waals surface area contributed by atoms with Gasteiger partial charge in [0.2, 0.25) is 5.95 Å². The van der Waals surface area contributed by atoms with Gasteiger partial charge in [-0.1, -0.05) is 11.2 Å². The summed E-state index contributed by atoms with van der Waals surface area (Å²) in [6.07, 6.45) is 0.445.